The van der Waals surface area contributed by atoms with Crippen molar-refractivity contribution >= 4 is 11.9 Å². The number of benzene rings is 2. The number of nitrogens with zero attached hydrogens (tertiary/aromatic N) is 1. The monoisotopic (exact) mass is 522 g/mol. The zero-order valence-corrected chi connectivity index (χ0v) is 20.6. The van der Waals surface area contributed by atoms with E-state index >= 15 is 0 Å². The Hall–Kier alpha value is -3.40. The van der Waals surface area contributed by atoms with Crippen molar-refractivity contribution in [3.05, 3.63) is 71.0 Å². The van der Waals surface area contributed by atoms with Gasteiger partial charge in [-0.2, -0.15) is 0 Å². The summed E-state index contributed by atoms with van der Waals surface area (Å²) in [4.78, 5) is 27.9. The molecule has 2 bridgehead atoms. The third-order valence-electron chi connectivity index (χ3n) is 8.49. The molecule has 2 aliphatic heterocycles. The second kappa shape index (κ2) is 9.41. The lowest BCUT2D eigenvalue weighted by Crippen LogP contribution is -2.74. The first-order valence-electron chi connectivity index (χ1n) is 12.6. The van der Waals surface area contributed by atoms with Gasteiger partial charge in [0.2, 0.25) is 6.10 Å². The summed E-state index contributed by atoms with van der Waals surface area (Å²) in [6.45, 7) is 0.809. The number of aliphatic hydroxyl groups is 1. The summed E-state index contributed by atoms with van der Waals surface area (Å²) in [5.74, 6) is -0.804. The van der Waals surface area contributed by atoms with E-state index < -0.39 is 35.2 Å². The van der Waals surface area contributed by atoms with Gasteiger partial charge in [0.15, 0.2) is 17.6 Å². The second-order valence-electron chi connectivity index (χ2n) is 10.3. The number of phenols is 1. The number of esters is 2. The largest absolute Gasteiger partial charge is 0.504 e. The van der Waals surface area contributed by atoms with Gasteiger partial charge in [0.05, 0.1) is 17.4 Å². The quantitative estimate of drug-likeness (QED) is 0.490. The number of rotatable bonds is 6. The van der Waals surface area contributed by atoms with Crippen molar-refractivity contribution < 1.29 is 34.0 Å². The van der Waals surface area contributed by atoms with Crippen LogP contribution in [0.15, 0.2) is 54.3 Å². The van der Waals surface area contributed by atoms with E-state index in [1.165, 1.54) is 0 Å². The van der Waals surface area contributed by atoms with Crippen LogP contribution in [0.5, 0.6) is 11.5 Å². The van der Waals surface area contributed by atoms with Crippen LogP contribution in [0.25, 0.3) is 0 Å². The van der Waals surface area contributed by atoms with Crippen molar-refractivity contribution in [3.8, 4) is 11.5 Å². The zero-order valence-electron chi connectivity index (χ0n) is 20.6. The van der Waals surface area contributed by atoms with Gasteiger partial charge < -0.3 is 35.1 Å². The smallest absolute Gasteiger partial charge is 0.357 e. The minimum atomic E-state index is -1.29. The molecule has 4 aliphatic rings. The molecule has 38 heavy (non-hydrogen) atoms. The van der Waals surface area contributed by atoms with Crippen LogP contribution in [0.2, 0.25) is 0 Å². The molecule has 1 spiro atoms. The summed E-state index contributed by atoms with van der Waals surface area (Å²) in [5.41, 5.74) is 5.73. The molecule has 0 amide bonds. The molecule has 2 heterocycles. The predicted molar refractivity (Wildman–Crippen MR) is 138 cm³/mol. The highest BCUT2D eigenvalue weighted by molar-refractivity contribution is 5.82. The molecule has 0 saturated carbocycles. The third-order valence-corrected chi connectivity index (χ3v) is 8.49. The van der Waals surface area contributed by atoms with Gasteiger partial charge in [-0.1, -0.05) is 43.8 Å². The van der Waals surface area contributed by atoms with Crippen molar-refractivity contribution in [1.29, 1.82) is 0 Å². The van der Waals surface area contributed by atoms with Crippen molar-refractivity contribution in [3.63, 3.8) is 0 Å². The highest BCUT2D eigenvalue weighted by Crippen LogP contribution is 2.65. The molecule has 202 valence electrons. The molecule has 2 aromatic rings. The maximum absolute atomic E-state index is 13.5. The van der Waals surface area contributed by atoms with E-state index in [1.807, 2.05) is 13.1 Å². The number of likely N-dealkylation sites (tertiary alicyclic amines) is 1. The van der Waals surface area contributed by atoms with E-state index in [2.05, 4.69) is 4.90 Å². The van der Waals surface area contributed by atoms with Crippen LogP contribution in [-0.2, 0) is 30.9 Å². The molecule has 2 aliphatic carbocycles. The fraction of sp³-hybridized carbons (Fsp3) is 0.448. The number of hydrogen-bond donors (Lipinski definition) is 3. The molecule has 0 radical (unpaired) electrons. The second-order valence-corrected chi connectivity index (χ2v) is 10.3. The Morgan fingerprint density at radius 1 is 1.24 bits per heavy atom. The summed E-state index contributed by atoms with van der Waals surface area (Å²) in [5, 5.41) is 22.9. The molecule has 4 N–H and O–H groups in total. The molecule has 1 fully saturated rings. The Labute approximate surface area is 221 Å². The zero-order chi connectivity index (χ0) is 25.9. The highest BCUT2D eigenvalue weighted by Gasteiger charge is 2.72. The van der Waals surface area contributed by atoms with E-state index in [1.54, 1.807) is 42.5 Å². The number of phenolic OH excluding ortho intramolecular Hbond substituents is 1. The van der Waals surface area contributed by atoms with E-state index in [0.717, 1.165) is 11.1 Å². The van der Waals surface area contributed by atoms with E-state index in [0.29, 0.717) is 30.7 Å². The molecular formula is C29H34N2O7. The van der Waals surface area contributed by atoms with Crippen LogP contribution >= 0.6 is 0 Å². The van der Waals surface area contributed by atoms with Gasteiger partial charge in [-0.3, -0.25) is 4.79 Å². The average Bonchev–Trinajstić information content (AvgIpc) is 3.25. The number of carbonyl (C=O) groups excluding carboxylic acids is 2. The summed E-state index contributed by atoms with van der Waals surface area (Å²) >= 11 is 0. The first-order valence-corrected chi connectivity index (χ1v) is 12.6. The lowest BCUT2D eigenvalue weighted by atomic mass is 9.50. The number of carbonyl (C=O) groups is 2. The Kier molecular flexibility index (Phi) is 6.49. The Morgan fingerprint density at radius 3 is 2.74 bits per heavy atom. The predicted octanol–water partition coefficient (Wildman–Crippen LogP) is 2.48. The van der Waals surface area contributed by atoms with Crippen molar-refractivity contribution in [2.75, 3.05) is 20.1 Å². The van der Waals surface area contributed by atoms with E-state index in [-0.39, 0.29) is 44.4 Å². The average molecular weight is 523 g/mol. The molecule has 0 aromatic heterocycles. The van der Waals surface area contributed by atoms with Crippen molar-refractivity contribution in [2.45, 2.75) is 62.4 Å². The van der Waals surface area contributed by atoms with Crippen LogP contribution in [0.1, 0.15) is 49.5 Å². The molecule has 2 aromatic carbocycles. The minimum Gasteiger partial charge on any atom is -0.504 e. The SMILES string of the molecule is C.CN1CC[C@]23c4c5ccc(O)c4O[C@H]2C(OC(=O)[C@@H](OC(=O)CCN)c2ccccc2)=CC[C@@]3(O)[C@H]1C5. The summed E-state index contributed by atoms with van der Waals surface area (Å²) in [7, 11) is 2.01. The summed E-state index contributed by atoms with van der Waals surface area (Å²) in [6.07, 6.45) is 1.00. The van der Waals surface area contributed by atoms with Gasteiger partial charge in [0, 0.05) is 30.1 Å². The molecule has 9 nitrogen and oxygen atoms in total. The van der Waals surface area contributed by atoms with Crippen LogP contribution < -0.4 is 10.5 Å². The van der Waals surface area contributed by atoms with E-state index in [9.17, 15) is 19.8 Å². The van der Waals surface area contributed by atoms with Crippen LogP contribution in [0, 0.1) is 0 Å². The molecule has 1 saturated heterocycles. The lowest BCUT2D eigenvalue weighted by molar-refractivity contribution is -0.176. The highest BCUT2D eigenvalue weighted by atomic mass is 16.6. The Morgan fingerprint density at radius 2 is 2.00 bits per heavy atom. The summed E-state index contributed by atoms with van der Waals surface area (Å²) < 4.78 is 17.7. The molecule has 9 heteroatoms. The van der Waals surface area contributed by atoms with Gasteiger partial charge in [-0.15, -0.1) is 0 Å². The third kappa shape index (κ3) is 3.56. The molecule has 6 rings (SSSR count). The van der Waals surface area contributed by atoms with Gasteiger partial charge in [-0.05, 0) is 44.1 Å². The molecule has 5 atom stereocenters. The summed E-state index contributed by atoms with van der Waals surface area (Å²) in [6, 6.07) is 12.0. The number of hydrogen-bond acceptors (Lipinski definition) is 9. The standard InChI is InChI=1S/C28H30N2O7.CH4/c1-30-14-12-27-22-17-7-8-18(31)24(22)37-25(27)19(9-11-28(27,34)20(30)15-17)35-26(33)23(36-21(32)10-13-29)16-5-3-2-4-6-16;/h2-9,20,23,25,31,34H,10-15,29H2,1H3;1H4/t20-,23+,25+,27+,28-;/m1./s1. The van der Waals surface area contributed by atoms with E-state index in [4.69, 9.17) is 19.9 Å². The van der Waals surface area contributed by atoms with Crippen LogP contribution in [0.3, 0.4) is 0 Å². The topological polar surface area (TPSA) is 132 Å². The van der Waals surface area contributed by atoms with Gasteiger partial charge in [0.1, 0.15) is 5.76 Å². The first-order chi connectivity index (χ1) is 17.8. The Balaban J connectivity index is 0.00000294. The molecule has 0 unspecified atom stereocenters. The van der Waals surface area contributed by atoms with Crippen LogP contribution in [-0.4, -0.2) is 64.9 Å². The number of likely N-dealkylation sites (N-methyl/N-ethyl adjacent to an activating group) is 1. The number of piperidine rings is 1. The van der Waals surface area contributed by atoms with Gasteiger partial charge in [0.25, 0.3) is 0 Å². The van der Waals surface area contributed by atoms with Crippen molar-refractivity contribution in [1.82, 2.24) is 4.90 Å². The number of aromatic hydroxyl groups is 1. The first kappa shape index (κ1) is 26.2. The maximum Gasteiger partial charge on any atom is 0.357 e. The number of ether oxygens (including phenoxy) is 3. The van der Waals surface area contributed by atoms with Crippen LogP contribution in [0.4, 0.5) is 0 Å². The lowest BCUT2D eigenvalue weighted by Gasteiger charge is -2.61. The Bertz CT molecular complexity index is 1300. The number of nitrogens with two attached hydrogens (primary N) is 1. The maximum atomic E-state index is 13.5. The van der Waals surface area contributed by atoms with Gasteiger partial charge in [-0.25, -0.2) is 4.79 Å². The minimum absolute atomic E-state index is 0. The fourth-order valence-electron chi connectivity index (χ4n) is 6.80. The van der Waals surface area contributed by atoms with Gasteiger partial charge >= 0.3 is 11.9 Å². The molecular weight excluding hydrogens is 488 g/mol. The normalized spacial score (nSPS) is 29.2. The van der Waals surface area contributed by atoms with Crippen molar-refractivity contribution in [2.24, 2.45) is 5.73 Å². The fourth-order valence-corrected chi connectivity index (χ4v) is 6.80.